The number of carbonyl (C=O) groups excluding carboxylic acids is 1. The van der Waals surface area contributed by atoms with Crippen molar-refractivity contribution in [2.24, 2.45) is 11.8 Å². The van der Waals surface area contributed by atoms with Crippen LogP contribution in [0.4, 0.5) is 10.1 Å². The Hall–Kier alpha value is -1.42. The van der Waals surface area contributed by atoms with Crippen LogP contribution in [0.15, 0.2) is 18.2 Å². The largest absolute Gasteiger partial charge is 0.326 e. The molecule has 0 spiro atoms. The van der Waals surface area contributed by atoms with E-state index in [0.29, 0.717) is 29.5 Å². The van der Waals surface area contributed by atoms with Crippen molar-refractivity contribution in [1.82, 2.24) is 5.32 Å². The van der Waals surface area contributed by atoms with Gasteiger partial charge in [0.05, 0.1) is 0 Å². The highest BCUT2D eigenvalue weighted by Gasteiger charge is 2.22. The third-order valence-electron chi connectivity index (χ3n) is 4.24. The summed E-state index contributed by atoms with van der Waals surface area (Å²) in [4.78, 5) is 12.1. The smallest absolute Gasteiger partial charge is 0.224 e. The molecule has 0 aliphatic carbocycles. The SMILES string of the molecule is Cc1c(F)cccc1NC(=O)CC(C)C1CCNCC1. The fourth-order valence-corrected chi connectivity index (χ4v) is 2.82. The fourth-order valence-electron chi connectivity index (χ4n) is 2.82. The first kappa shape index (κ1) is 15.0. The van der Waals surface area contributed by atoms with E-state index in [1.165, 1.54) is 6.07 Å². The third kappa shape index (κ3) is 3.79. The molecule has 1 aromatic carbocycles. The second-order valence-electron chi connectivity index (χ2n) is 5.73. The zero-order valence-corrected chi connectivity index (χ0v) is 12.2. The molecular formula is C16H23FN2O. The lowest BCUT2D eigenvalue weighted by Gasteiger charge is -2.27. The molecule has 1 amide bonds. The Kier molecular flexibility index (Phi) is 5.12. The van der Waals surface area contributed by atoms with E-state index in [0.717, 1.165) is 25.9 Å². The number of rotatable bonds is 4. The van der Waals surface area contributed by atoms with Gasteiger partial charge in [-0.25, -0.2) is 4.39 Å². The molecule has 110 valence electrons. The third-order valence-corrected chi connectivity index (χ3v) is 4.24. The standard InChI is InChI=1S/C16H23FN2O/c1-11(13-6-8-18-9-7-13)10-16(20)19-15-5-3-4-14(17)12(15)2/h3-5,11,13,18H,6-10H2,1-2H3,(H,19,20). The normalized spacial score (nSPS) is 17.8. The lowest BCUT2D eigenvalue weighted by molar-refractivity contribution is -0.117. The molecule has 1 atom stereocenters. The van der Waals surface area contributed by atoms with E-state index in [2.05, 4.69) is 17.6 Å². The molecule has 2 N–H and O–H groups in total. The van der Waals surface area contributed by atoms with Crippen LogP contribution in [0.1, 0.15) is 31.7 Å². The summed E-state index contributed by atoms with van der Waals surface area (Å²) < 4.78 is 13.4. The van der Waals surface area contributed by atoms with Gasteiger partial charge in [0, 0.05) is 17.7 Å². The van der Waals surface area contributed by atoms with Gasteiger partial charge in [0.1, 0.15) is 5.82 Å². The lowest BCUT2D eigenvalue weighted by atomic mass is 9.84. The highest BCUT2D eigenvalue weighted by atomic mass is 19.1. The second-order valence-corrected chi connectivity index (χ2v) is 5.73. The van der Waals surface area contributed by atoms with Gasteiger partial charge in [0.2, 0.25) is 5.91 Å². The van der Waals surface area contributed by atoms with Crippen molar-refractivity contribution in [1.29, 1.82) is 0 Å². The molecule has 1 aliphatic heterocycles. The average molecular weight is 278 g/mol. The molecule has 1 aromatic rings. The van der Waals surface area contributed by atoms with Crippen molar-refractivity contribution in [3.05, 3.63) is 29.6 Å². The van der Waals surface area contributed by atoms with Crippen molar-refractivity contribution < 1.29 is 9.18 Å². The minimum atomic E-state index is -0.283. The molecule has 20 heavy (non-hydrogen) atoms. The van der Waals surface area contributed by atoms with Crippen molar-refractivity contribution in [3.63, 3.8) is 0 Å². The molecular weight excluding hydrogens is 255 g/mol. The molecule has 1 unspecified atom stereocenters. The van der Waals surface area contributed by atoms with E-state index in [1.807, 2.05) is 0 Å². The molecule has 0 saturated carbocycles. The molecule has 3 nitrogen and oxygen atoms in total. The predicted molar refractivity (Wildman–Crippen MR) is 79.1 cm³/mol. The zero-order valence-electron chi connectivity index (χ0n) is 12.2. The summed E-state index contributed by atoms with van der Waals surface area (Å²) in [5.41, 5.74) is 1.07. The molecule has 1 aliphatic rings. The Labute approximate surface area is 120 Å². The maximum atomic E-state index is 13.4. The molecule has 1 fully saturated rings. The van der Waals surface area contributed by atoms with Crippen LogP contribution < -0.4 is 10.6 Å². The number of hydrogen-bond donors (Lipinski definition) is 2. The van der Waals surface area contributed by atoms with Crippen LogP contribution >= 0.6 is 0 Å². The molecule has 4 heteroatoms. The summed E-state index contributed by atoms with van der Waals surface area (Å²) in [6.45, 7) is 5.90. The Balaban J connectivity index is 1.90. The van der Waals surface area contributed by atoms with E-state index in [4.69, 9.17) is 0 Å². The van der Waals surface area contributed by atoms with Crippen molar-refractivity contribution >= 4 is 11.6 Å². The Morgan fingerprint density at radius 2 is 2.15 bits per heavy atom. The van der Waals surface area contributed by atoms with Crippen LogP contribution in [0, 0.1) is 24.6 Å². The van der Waals surface area contributed by atoms with Gasteiger partial charge >= 0.3 is 0 Å². The van der Waals surface area contributed by atoms with E-state index < -0.39 is 0 Å². The highest BCUT2D eigenvalue weighted by Crippen LogP contribution is 2.25. The van der Waals surface area contributed by atoms with E-state index in [-0.39, 0.29) is 11.7 Å². The first-order chi connectivity index (χ1) is 9.58. The zero-order chi connectivity index (χ0) is 14.5. The predicted octanol–water partition coefficient (Wildman–Crippen LogP) is 3.10. The first-order valence-corrected chi connectivity index (χ1v) is 7.33. The number of piperidine rings is 1. The van der Waals surface area contributed by atoms with Crippen LogP contribution in [-0.2, 0) is 4.79 Å². The van der Waals surface area contributed by atoms with Crippen molar-refractivity contribution in [2.45, 2.75) is 33.1 Å². The van der Waals surface area contributed by atoms with Crippen LogP contribution in [0.2, 0.25) is 0 Å². The van der Waals surface area contributed by atoms with Gasteiger partial charge in [-0.1, -0.05) is 13.0 Å². The van der Waals surface area contributed by atoms with Crippen molar-refractivity contribution in [2.75, 3.05) is 18.4 Å². The van der Waals surface area contributed by atoms with Gasteiger partial charge in [0.25, 0.3) is 0 Å². The minimum absolute atomic E-state index is 0.0234. The van der Waals surface area contributed by atoms with Gasteiger partial charge in [-0.15, -0.1) is 0 Å². The number of hydrogen-bond acceptors (Lipinski definition) is 2. The summed E-state index contributed by atoms with van der Waals surface area (Å²) >= 11 is 0. The van der Waals surface area contributed by atoms with Gasteiger partial charge in [0.15, 0.2) is 0 Å². The molecule has 0 radical (unpaired) electrons. The maximum Gasteiger partial charge on any atom is 0.224 e. The number of nitrogens with one attached hydrogen (secondary N) is 2. The topological polar surface area (TPSA) is 41.1 Å². The van der Waals surface area contributed by atoms with Gasteiger partial charge < -0.3 is 10.6 Å². The van der Waals surface area contributed by atoms with Gasteiger partial charge in [-0.05, 0) is 56.8 Å². The fraction of sp³-hybridized carbons (Fsp3) is 0.562. The van der Waals surface area contributed by atoms with Crippen LogP contribution in [0.25, 0.3) is 0 Å². The van der Waals surface area contributed by atoms with E-state index in [1.54, 1.807) is 19.1 Å². The van der Waals surface area contributed by atoms with E-state index >= 15 is 0 Å². The minimum Gasteiger partial charge on any atom is -0.326 e. The van der Waals surface area contributed by atoms with Crippen LogP contribution in [-0.4, -0.2) is 19.0 Å². The Morgan fingerprint density at radius 3 is 2.85 bits per heavy atom. The summed E-state index contributed by atoms with van der Waals surface area (Å²) in [6, 6.07) is 4.77. The summed E-state index contributed by atoms with van der Waals surface area (Å²) in [5, 5.41) is 6.16. The quantitative estimate of drug-likeness (QED) is 0.888. The number of anilines is 1. The first-order valence-electron chi connectivity index (χ1n) is 7.33. The molecule has 1 heterocycles. The summed E-state index contributed by atoms with van der Waals surface area (Å²) in [7, 11) is 0. The number of amides is 1. The van der Waals surface area contributed by atoms with Gasteiger partial charge in [-0.2, -0.15) is 0 Å². The van der Waals surface area contributed by atoms with Crippen LogP contribution in [0.3, 0.4) is 0 Å². The summed E-state index contributed by atoms with van der Waals surface area (Å²) in [5.74, 6) is 0.667. The van der Waals surface area contributed by atoms with Crippen molar-refractivity contribution in [3.8, 4) is 0 Å². The molecule has 2 rings (SSSR count). The number of benzene rings is 1. The maximum absolute atomic E-state index is 13.4. The van der Waals surface area contributed by atoms with Gasteiger partial charge in [-0.3, -0.25) is 4.79 Å². The molecule has 0 aromatic heterocycles. The summed E-state index contributed by atoms with van der Waals surface area (Å²) in [6.07, 6.45) is 2.77. The second kappa shape index (κ2) is 6.84. The van der Waals surface area contributed by atoms with Crippen LogP contribution in [0.5, 0.6) is 0 Å². The number of carbonyl (C=O) groups is 1. The number of halogens is 1. The Morgan fingerprint density at radius 1 is 1.45 bits per heavy atom. The Bertz CT molecular complexity index is 470. The van der Waals surface area contributed by atoms with E-state index in [9.17, 15) is 9.18 Å². The lowest BCUT2D eigenvalue weighted by Crippen LogP contribution is -2.32. The highest BCUT2D eigenvalue weighted by molar-refractivity contribution is 5.91. The molecule has 1 saturated heterocycles. The average Bonchev–Trinajstić information content (AvgIpc) is 2.45. The monoisotopic (exact) mass is 278 g/mol. The molecule has 0 bridgehead atoms.